The number of primary amides is 1. The Bertz CT molecular complexity index is 617. The lowest BCUT2D eigenvalue weighted by Crippen LogP contribution is -2.37. The van der Waals surface area contributed by atoms with Crippen molar-refractivity contribution in [1.29, 1.82) is 0 Å². The molecule has 1 aliphatic rings. The van der Waals surface area contributed by atoms with E-state index in [1.54, 1.807) is 17.9 Å². The van der Waals surface area contributed by atoms with Gasteiger partial charge in [0.2, 0.25) is 12.3 Å². The van der Waals surface area contributed by atoms with Gasteiger partial charge in [-0.05, 0) is 56.4 Å². The number of rotatable bonds is 3. The second kappa shape index (κ2) is 15.6. The van der Waals surface area contributed by atoms with Gasteiger partial charge in [-0.15, -0.1) is 0 Å². The first-order chi connectivity index (χ1) is 13.9. The molecule has 0 saturated carbocycles. The molecular weight excluding hydrogens is 395 g/mol. The highest BCUT2D eigenvalue weighted by atomic mass is 19.4. The molecule has 0 bridgehead atoms. The molecule has 1 atom stereocenters. The Balaban J connectivity index is 0. The van der Waals surface area contributed by atoms with Gasteiger partial charge in [0, 0.05) is 18.3 Å². The van der Waals surface area contributed by atoms with Gasteiger partial charge in [-0.2, -0.15) is 13.2 Å². The van der Waals surface area contributed by atoms with Gasteiger partial charge in [0.25, 0.3) is 0 Å². The number of hydrogen-bond acceptors (Lipinski definition) is 3. The predicted molar refractivity (Wildman–Crippen MR) is 117 cm³/mol. The second-order valence-corrected chi connectivity index (χ2v) is 7.39. The summed E-state index contributed by atoms with van der Waals surface area (Å²) in [4.78, 5) is 22.4. The number of aryl methyl sites for hydroxylation is 1. The van der Waals surface area contributed by atoms with Crippen LogP contribution in [0.4, 0.5) is 18.9 Å². The summed E-state index contributed by atoms with van der Waals surface area (Å²) in [6.45, 7) is 14.8. The average Bonchev–Trinajstić information content (AvgIpc) is 3.06. The summed E-state index contributed by atoms with van der Waals surface area (Å²) in [5.74, 6) is 0.759. The number of nitrogens with two attached hydrogens (primary N) is 1. The molecule has 1 fully saturated rings. The molecule has 1 aliphatic heterocycles. The van der Waals surface area contributed by atoms with Crippen LogP contribution in [0, 0.1) is 12.8 Å². The number of halogens is 3. The minimum atomic E-state index is -4.38. The molecule has 1 aromatic rings. The fourth-order valence-electron chi connectivity index (χ4n) is 2.63. The van der Waals surface area contributed by atoms with Crippen LogP contribution >= 0.6 is 0 Å². The first-order valence-electron chi connectivity index (χ1n) is 10.3. The minimum absolute atomic E-state index is 0.0189. The lowest BCUT2D eigenvalue weighted by Gasteiger charge is -2.22. The van der Waals surface area contributed by atoms with E-state index < -0.39 is 11.7 Å². The van der Waals surface area contributed by atoms with Gasteiger partial charge in [-0.3, -0.25) is 9.59 Å². The number of nitrogens with zero attached hydrogens (tertiary/aromatic N) is 1. The van der Waals surface area contributed by atoms with Crippen molar-refractivity contribution < 1.29 is 22.8 Å². The first kappa shape index (κ1) is 29.9. The van der Waals surface area contributed by atoms with Crippen LogP contribution in [0.3, 0.4) is 0 Å². The van der Waals surface area contributed by atoms with Crippen LogP contribution < -0.4 is 11.1 Å². The van der Waals surface area contributed by atoms with Crippen LogP contribution in [0.2, 0.25) is 0 Å². The van der Waals surface area contributed by atoms with Crippen LogP contribution in [0.1, 0.15) is 65.5 Å². The van der Waals surface area contributed by atoms with Crippen molar-refractivity contribution >= 4 is 18.0 Å². The summed E-state index contributed by atoms with van der Waals surface area (Å²) in [5.41, 5.74) is 4.30. The zero-order valence-corrected chi connectivity index (χ0v) is 19.3. The number of carbonyl (C=O) groups is 2. The van der Waals surface area contributed by atoms with Crippen molar-refractivity contribution in [2.75, 3.05) is 18.4 Å². The van der Waals surface area contributed by atoms with E-state index in [0.717, 1.165) is 37.4 Å². The lowest BCUT2D eigenvalue weighted by atomic mass is 10.1. The molecule has 5 nitrogen and oxygen atoms in total. The highest BCUT2D eigenvalue weighted by Gasteiger charge is 2.31. The van der Waals surface area contributed by atoms with E-state index in [9.17, 15) is 18.0 Å². The quantitative estimate of drug-likeness (QED) is 0.641. The zero-order chi connectivity index (χ0) is 23.9. The molecule has 2 amide bonds. The minimum Gasteiger partial charge on any atom is -0.376 e. The van der Waals surface area contributed by atoms with Crippen LogP contribution in [0.25, 0.3) is 0 Å². The van der Waals surface area contributed by atoms with Gasteiger partial charge in [0.15, 0.2) is 0 Å². The van der Waals surface area contributed by atoms with Crippen molar-refractivity contribution in [3.8, 4) is 0 Å². The molecule has 1 saturated heterocycles. The number of likely N-dealkylation sites (tertiary alicyclic amines) is 1. The standard InChI is InChI=1S/C15H19F3N2O.C4H10.C2H6.CH3NO/c1-10-6-12(15(16,17)18)8-13(7-10)19-9-14(21)20-5-3-4-11(20)2;1-4(2)3;1-2;2-1-3/h6-8,11,19H,3-5,9H2,1-2H3;4H,1-3H3;1-2H3;1H,(H2,2,3)/t11-;;;/m1.../s1. The Morgan fingerprint density at radius 1 is 1.27 bits per heavy atom. The zero-order valence-electron chi connectivity index (χ0n) is 19.3. The van der Waals surface area contributed by atoms with Gasteiger partial charge in [0.1, 0.15) is 0 Å². The van der Waals surface area contributed by atoms with Gasteiger partial charge in [-0.1, -0.05) is 34.6 Å². The van der Waals surface area contributed by atoms with Crippen LogP contribution in [0.5, 0.6) is 0 Å². The highest BCUT2D eigenvalue weighted by Crippen LogP contribution is 2.31. The molecule has 0 radical (unpaired) electrons. The SMILES string of the molecule is CC.CC(C)C.Cc1cc(NCC(=O)N2CCC[C@H]2C)cc(C(F)(F)F)c1.NC=O. The van der Waals surface area contributed by atoms with Crippen molar-refractivity contribution in [1.82, 2.24) is 4.90 Å². The van der Waals surface area contributed by atoms with E-state index in [1.165, 1.54) is 0 Å². The topological polar surface area (TPSA) is 75.4 Å². The van der Waals surface area contributed by atoms with Crippen LogP contribution in [0.15, 0.2) is 18.2 Å². The monoisotopic (exact) mass is 433 g/mol. The molecule has 8 heteroatoms. The van der Waals surface area contributed by atoms with Gasteiger partial charge >= 0.3 is 6.18 Å². The van der Waals surface area contributed by atoms with E-state index in [0.29, 0.717) is 11.3 Å². The maximum absolute atomic E-state index is 12.7. The number of amides is 2. The molecule has 0 spiro atoms. The van der Waals surface area contributed by atoms with Crippen molar-refractivity contribution in [3.63, 3.8) is 0 Å². The Kier molecular flexibility index (Phi) is 15.5. The fraction of sp³-hybridized carbons (Fsp3) is 0.636. The van der Waals surface area contributed by atoms with E-state index >= 15 is 0 Å². The predicted octanol–water partition coefficient (Wildman–Crippen LogP) is 5.23. The third-order valence-electron chi connectivity index (χ3n) is 3.72. The van der Waals surface area contributed by atoms with Crippen molar-refractivity contribution in [2.45, 2.75) is 73.5 Å². The Morgan fingerprint density at radius 2 is 1.77 bits per heavy atom. The molecule has 0 aliphatic carbocycles. The summed E-state index contributed by atoms with van der Waals surface area (Å²) < 4.78 is 38.2. The summed E-state index contributed by atoms with van der Waals surface area (Å²) >= 11 is 0. The smallest absolute Gasteiger partial charge is 0.376 e. The number of carbonyl (C=O) groups excluding carboxylic acids is 2. The molecule has 1 heterocycles. The van der Waals surface area contributed by atoms with Gasteiger partial charge in [0.05, 0.1) is 12.1 Å². The highest BCUT2D eigenvalue weighted by molar-refractivity contribution is 5.81. The van der Waals surface area contributed by atoms with Crippen molar-refractivity contribution in [3.05, 3.63) is 29.3 Å². The molecule has 0 unspecified atom stereocenters. The van der Waals surface area contributed by atoms with E-state index in [-0.39, 0.29) is 24.9 Å². The first-order valence-corrected chi connectivity index (χ1v) is 10.3. The summed E-state index contributed by atoms with van der Waals surface area (Å²) in [6, 6.07) is 3.95. The average molecular weight is 434 g/mol. The summed E-state index contributed by atoms with van der Waals surface area (Å²) in [6.07, 6.45) is -2.17. The number of benzene rings is 1. The van der Waals surface area contributed by atoms with Crippen molar-refractivity contribution in [2.24, 2.45) is 11.7 Å². The molecule has 174 valence electrons. The Morgan fingerprint density at radius 3 is 2.17 bits per heavy atom. The number of anilines is 1. The summed E-state index contributed by atoms with van der Waals surface area (Å²) in [7, 11) is 0. The molecule has 3 N–H and O–H groups in total. The largest absolute Gasteiger partial charge is 0.416 e. The van der Waals surface area contributed by atoms with Gasteiger partial charge < -0.3 is 16.0 Å². The summed E-state index contributed by atoms with van der Waals surface area (Å²) in [5, 5.41) is 2.80. The Labute approximate surface area is 179 Å². The number of alkyl halides is 3. The van der Waals surface area contributed by atoms with E-state index in [4.69, 9.17) is 4.79 Å². The number of nitrogens with one attached hydrogen (secondary N) is 1. The third kappa shape index (κ3) is 13.1. The molecule has 2 rings (SSSR count). The van der Waals surface area contributed by atoms with E-state index in [1.807, 2.05) is 20.8 Å². The molecule has 0 aromatic heterocycles. The van der Waals surface area contributed by atoms with Crippen LogP contribution in [-0.4, -0.2) is 36.3 Å². The molecule has 30 heavy (non-hydrogen) atoms. The van der Waals surface area contributed by atoms with E-state index in [2.05, 4.69) is 31.8 Å². The maximum atomic E-state index is 12.7. The Hall–Kier alpha value is -2.25. The van der Waals surface area contributed by atoms with Crippen LogP contribution in [-0.2, 0) is 15.8 Å². The lowest BCUT2D eigenvalue weighted by molar-refractivity contribution is -0.137. The molecular formula is C22H38F3N3O2. The normalized spacial score (nSPS) is 15.0. The maximum Gasteiger partial charge on any atom is 0.416 e. The molecule has 1 aromatic carbocycles. The van der Waals surface area contributed by atoms with Gasteiger partial charge in [-0.25, -0.2) is 0 Å². The second-order valence-electron chi connectivity index (χ2n) is 7.39. The third-order valence-corrected chi connectivity index (χ3v) is 3.72. The fourth-order valence-corrected chi connectivity index (χ4v) is 2.63. The number of hydrogen-bond donors (Lipinski definition) is 2.